The van der Waals surface area contributed by atoms with Crippen molar-refractivity contribution in [1.29, 1.82) is 0 Å². The Morgan fingerprint density at radius 2 is 1.83 bits per heavy atom. The Hall–Kier alpha value is -2.97. The molecule has 0 heterocycles. The number of nitrogens with zero attached hydrogens (tertiary/aromatic N) is 1. The van der Waals surface area contributed by atoms with Gasteiger partial charge in [-0.2, -0.15) is 0 Å². The molecule has 0 unspecified atom stereocenters. The number of anilines is 2. The fourth-order valence-corrected chi connectivity index (χ4v) is 1.94. The van der Waals surface area contributed by atoms with Crippen LogP contribution in [0.3, 0.4) is 0 Å². The number of phenolic OH excluding ortho intramolecular Hbond substituents is 1. The van der Waals surface area contributed by atoms with Crippen LogP contribution in [-0.2, 0) is 6.42 Å². The first kappa shape index (κ1) is 19.1. The van der Waals surface area contributed by atoms with Gasteiger partial charge in [-0.1, -0.05) is 18.2 Å². The zero-order valence-electron chi connectivity index (χ0n) is 13.1. The lowest BCUT2D eigenvalue weighted by Gasteiger charge is -2.11. The number of amides is 2. The van der Waals surface area contributed by atoms with Gasteiger partial charge in [-0.3, -0.25) is 0 Å². The minimum atomic E-state index is -0.507. The minimum Gasteiger partial charge on any atom is -0.506 e. The number of benzene rings is 2. The molecule has 128 valence electrons. The first-order chi connectivity index (χ1) is 11.6. The van der Waals surface area contributed by atoms with E-state index in [0.29, 0.717) is 17.8 Å². The number of phenols is 1. The molecule has 0 atom stereocenters. The molecule has 2 rings (SSSR count). The first-order valence-corrected chi connectivity index (χ1v) is 7.02. The number of aliphatic hydroxyl groups is 2. The van der Waals surface area contributed by atoms with Crippen LogP contribution in [0.2, 0.25) is 0 Å². The normalized spacial score (nSPS) is 9.46. The van der Waals surface area contributed by atoms with Crippen molar-refractivity contribution in [2.24, 2.45) is 5.18 Å². The quantitative estimate of drug-likeness (QED) is 0.424. The van der Waals surface area contributed by atoms with E-state index in [1.54, 1.807) is 18.2 Å². The summed E-state index contributed by atoms with van der Waals surface area (Å²) in [5.74, 6) is -0.255. The molecule has 0 spiro atoms. The van der Waals surface area contributed by atoms with Crippen LogP contribution in [0.25, 0.3) is 0 Å². The molecule has 0 saturated carbocycles. The van der Waals surface area contributed by atoms with Crippen LogP contribution in [0.1, 0.15) is 5.56 Å². The Morgan fingerprint density at radius 3 is 2.50 bits per heavy atom. The van der Waals surface area contributed by atoms with Crippen molar-refractivity contribution in [2.75, 3.05) is 24.4 Å². The molecule has 2 amide bonds. The maximum Gasteiger partial charge on any atom is 0.323 e. The number of rotatable bonds is 5. The number of nitrogens with one attached hydrogen (secondary N) is 2. The molecule has 0 radical (unpaired) electrons. The number of carbonyl (C=O) groups excluding carboxylic acids is 1. The van der Waals surface area contributed by atoms with Crippen LogP contribution in [0.4, 0.5) is 21.9 Å². The predicted octanol–water partition coefficient (Wildman–Crippen LogP) is 2.58. The molecular weight excluding hydrogens is 314 g/mol. The van der Waals surface area contributed by atoms with Gasteiger partial charge in [0.1, 0.15) is 5.75 Å². The van der Waals surface area contributed by atoms with Crippen molar-refractivity contribution in [3.05, 3.63) is 52.9 Å². The summed E-state index contributed by atoms with van der Waals surface area (Å²) in [6.07, 6.45) is 0.425. The topological polar surface area (TPSA) is 131 Å². The van der Waals surface area contributed by atoms with E-state index in [4.69, 9.17) is 10.2 Å². The standard InChI is InChI=1S/C15H15N3O4.CH4O/c19-8-7-10-3-1-2-4-12(10)17-15(21)16-11-5-6-14(20)13(9-11)18-22;1-2/h1-6,9,19-20H,7-8H2,(H2,16,17,21);2H,1H3. The van der Waals surface area contributed by atoms with Crippen LogP contribution in [0.15, 0.2) is 47.6 Å². The van der Waals surface area contributed by atoms with Gasteiger partial charge in [0.05, 0.1) is 0 Å². The number of carbonyl (C=O) groups is 1. The van der Waals surface area contributed by atoms with E-state index >= 15 is 0 Å². The molecular formula is C16H19N3O5. The maximum atomic E-state index is 12.0. The second-order valence-electron chi connectivity index (χ2n) is 4.50. The number of para-hydroxylation sites is 1. The minimum absolute atomic E-state index is 0.0212. The molecule has 0 aromatic heterocycles. The Balaban J connectivity index is 0.00000139. The summed E-state index contributed by atoms with van der Waals surface area (Å²) >= 11 is 0. The van der Waals surface area contributed by atoms with Gasteiger partial charge in [-0.05, 0) is 41.4 Å². The second-order valence-corrected chi connectivity index (χ2v) is 4.50. The Morgan fingerprint density at radius 1 is 1.12 bits per heavy atom. The van der Waals surface area contributed by atoms with Gasteiger partial charge in [-0.25, -0.2) is 4.79 Å². The molecule has 0 saturated heterocycles. The molecule has 0 aliphatic heterocycles. The largest absolute Gasteiger partial charge is 0.506 e. The van der Waals surface area contributed by atoms with Gasteiger partial charge < -0.3 is 26.0 Å². The molecule has 0 aliphatic rings. The molecule has 0 aliphatic carbocycles. The smallest absolute Gasteiger partial charge is 0.323 e. The Bertz CT molecular complexity index is 691. The summed E-state index contributed by atoms with van der Waals surface area (Å²) in [5, 5.41) is 33.2. The van der Waals surface area contributed by atoms with E-state index in [0.717, 1.165) is 12.7 Å². The van der Waals surface area contributed by atoms with Crippen LogP contribution in [0.5, 0.6) is 5.75 Å². The lowest BCUT2D eigenvalue weighted by Crippen LogP contribution is -2.20. The molecule has 0 bridgehead atoms. The molecule has 8 heteroatoms. The molecule has 5 N–H and O–H groups in total. The van der Waals surface area contributed by atoms with Gasteiger partial charge in [0, 0.05) is 25.1 Å². The average molecular weight is 333 g/mol. The monoisotopic (exact) mass is 333 g/mol. The fraction of sp³-hybridized carbons (Fsp3) is 0.188. The van der Waals surface area contributed by atoms with Crippen molar-refractivity contribution in [3.63, 3.8) is 0 Å². The van der Waals surface area contributed by atoms with Crippen molar-refractivity contribution in [2.45, 2.75) is 6.42 Å². The zero-order chi connectivity index (χ0) is 17.9. The number of hydrogen-bond donors (Lipinski definition) is 5. The SMILES string of the molecule is CO.O=Nc1cc(NC(=O)Nc2ccccc2CCO)ccc1O. The summed E-state index contributed by atoms with van der Waals surface area (Å²) in [6.45, 7) is -0.0212. The van der Waals surface area contributed by atoms with E-state index in [1.165, 1.54) is 18.2 Å². The van der Waals surface area contributed by atoms with E-state index in [-0.39, 0.29) is 18.0 Å². The lowest BCUT2D eigenvalue weighted by atomic mass is 10.1. The highest BCUT2D eigenvalue weighted by Crippen LogP contribution is 2.29. The summed E-state index contributed by atoms with van der Waals surface area (Å²) < 4.78 is 0. The Kier molecular flexibility index (Phi) is 7.89. The fourth-order valence-electron chi connectivity index (χ4n) is 1.94. The third kappa shape index (κ3) is 5.34. The van der Waals surface area contributed by atoms with E-state index in [1.807, 2.05) is 6.07 Å². The number of nitroso groups, excluding NO2 is 1. The number of urea groups is 1. The maximum absolute atomic E-state index is 12.0. The highest BCUT2D eigenvalue weighted by Gasteiger charge is 2.08. The number of aliphatic hydroxyl groups excluding tert-OH is 2. The van der Waals surface area contributed by atoms with Crippen molar-refractivity contribution >= 4 is 23.1 Å². The number of aromatic hydroxyl groups is 1. The lowest BCUT2D eigenvalue weighted by molar-refractivity contribution is 0.262. The summed E-state index contributed by atoms with van der Waals surface area (Å²) in [6, 6.07) is 10.6. The van der Waals surface area contributed by atoms with Crippen LogP contribution in [-0.4, -0.2) is 35.1 Å². The highest BCUT2D eigenvalue weighted by molar-refractivity contribution is 6.00. The number of hydrogen-bond acceptors (Lipinski definition) is 6. The van der Waals surface area contributed by atoms with Gasteiger partial charge in [0.2, 0.25) is 0 Å². The van der Waals surface area contributed by atoms with E-state index in [9.17, 15) is 14.8 Å². The molecule has 24 heavy (non-hydrogen) atoms. The second kappa shape index (κ2) is 9.93. The predicted molar refractivity (Wildman–Crippen MR) is 91.6 cm³/mol. The van der Waals surface area contributed by atoms with Gasteiger partial charge in [0.15, 0.2) is 5.69 Å². The third-order valence-electron chi connectivity index (χ3n) is 2.98. The van der Waals surface area contributed by atoms with Crippen molar-refractivity contribution in [3.8, 4) is 5.75 Å². The molecule has 8 nitrogen and oxygen atoms in total. The molecule has 2 aromatic carbocycles. The van der Waals surface area contributed by atoms with Crippen molar-refractivity contribution in [1.82, 2.24) is 0 Å². The average Bonchev–Trinajstić information content (AvgIpc) is 2.60. The molecule has 2 aromatic rings. The van der Waals surface area contributed by atoms with Crippen LogP contribution in [0, 0.1) is 4.91 Å². The van der Waals surface area contributed by atoms with Gasteiger partial charge in [-0.15, -0.1) is 4.91 Å². The summed E-state index contributed by atoms with van der Waals surface area (Å²) in [5.41, 5.74) is 1.56. The van der Waals surface area contributed by atoms with Crippen LogP contribution < -0.4 is 10.6 Å². The summed E-state index contributed by atoms with van der Waals surface area (Å²) in [4.78, 5) is 22.5. The highest BCUT2D eigenvalue weighted by atomic mass is 16.3. The van der Waals surface area contributed by atoms with E-state index < -0.39 is 6.03 Å². The first-order valence-electron chi connectivity index (χ1n) is 7.02. The summed E-state index contributed by atoms with van der Waals surface area (Å²) in [7, 11) is 1.00. The van der Waals surface area contributed by atoms with Crippen LogP contribution >= 0.6 is 0 Å². The van der Waals surface area contributed by atoms with Gasteiger partial charge >= 0.3 is 6.03 Å². The zero-order valence-corrected chi connectivity index (χ0v) is 13.1. The van der Waals surface area contributed by atoms with Gasteiger partial charge in [0.25, 0.3) is 0 Å². The van der Waals surface area contributed by atoms with E-state index in [2.05, 4.69) is 15.8 Å². The Labute approximate surface area is 138 Å². The third-order valence-corrected chi connectivity index (χ3v) is 2.98. The van der Waals surface area contributed by atoms with Crippen molar-refractivity contribution < 1.29 is 20.1 Å². The molecule has 0 fully saturated rings.